The highest BCUT2D eigenvalue weighted by Crippen LogP contribution is 2.17. The largest absolute Gasteiger partial charge is 0.481 e. The Morgan fingerprint density at radius 1 is 1.33 bits per heavy atom. The average molecular weight is 258 g/mol. The van der Waals surface area contributed by atoms with Crippen LogP contribution in [0.3, 0.4) is 0 Å². The van der Waals surface area contributed by atoms with Crippen molar-refractivity contribution in [1.82, 2.24) is 10.6 Å². The summed E-state index contributed by atoms with van der Waals surface area (Å²) < 4.78 is 30.7. The van der Waals surface area contributed by atoms with Crippen molar-refractivity contribution < 1.29 is 18.3 Å². The van der Waals surface area contributed by atoms with Gasteiger partial charge >= 0.3 is 0 Å². The first-order valence-electron chi connectivity index (χ1n) is 5.68. The van der Waals surface area contributed by atoms with Gasteiger partial charge in [-0.05, 0) is 18.7 Å². The maximum Gasteiger partial charge on any atom is 0.257 e. The lowest BCUT2D eigenvalue weighted by Gasteiger charge is -2.08. The number of likely N-dealkylation sites (N-methyl/N-ethyl adjacent to an activating group) is 1. The first kappa shape index (κ1) is 14.4. The predicted molar refractivity (Wildman–Crippen MR) is 63.4 cm³/mol. The fourth-order valence-corrected chi connectivity index (χ4v) is 1.25. The highest BCUT2D eigenvalue weighted by Gasteiger charge is 2.07. The van der Waals surface area contributed by atoms with E-state index in [1.165, 1.54) is 0 Å². The van der Waals surface area contributed by atoms with Crippen molar-refractivity contribution in [3.8, 4) is 5.75 Å². The molecular formula is C12H16F2N2O2. The van der Waals surface area contributed by atoms with Crippen LogP contribution in [0.2, 0.25) is 0 Å². The molecule has 1 aromatic carbocycles. The number of amides is 1. The molecule has 1 rings (SSSR count). The molecule has 0 unspecified atom stereocenters. The summed E-state index contributed by atoms with van der Waals surface area (Å²) in [7, 11) is 0. The molecule has 0 aromatic heterocycles. The highest BCUT2D eigenvalue weighted by molar-refractivity contribution is 5.77. The standard InChI is InChI=1S/C12H16F2N2O2/c1-2-15-5-6-16-12(17)8-18-11-4-3-9(13)7-10(11)14/h3-4,7,15H,2,5-6,8H2,1H3,(H,16,17). The highest BCUT2D eigenvalue weighted by atomic mass is 19.1. The van der Waals surface area contributed by atoms with Gasteiger partial charge in [0, 0.05) is 19.2 Å². The summed E-state index contributed by atoms with van der Waals surface area (Å²) in [6.07, 6.45) is 0. The molecule has 0 aliphatic carbocycles. The predicted octanol–water partition coefficient (Wildman–Crippen LogP) is 1.07. The first-order chi connectivity index (χ1) is 8.63. The van der Waals surface area contributed by atoms with Crippen molar-refractivity contribution in [3.05, 3.63) is 29.8 Å². The van der Waals surface area contributed by atoms with E-state index in [4.69, 9.17) is 4.74 Å². The van der Waals surface area contributed by atoms with E-state index in [0.717, 1.165) is 18.7 Å². The molecule has 0 aliphatic rings. The number of halogens is 2. The van der Waals surface area contributed by atoms with Gasteiger partial charge in [0.2, 0.25) is 0 Å². The number of hydrogen-bond donors (Lipinski definition) is 2. The van der Waals surface area contributed by atoms with E-state index >= 15 is 0 Å². The molecule has 100 valence electrons. The number of nitrogens with one attached hydrogen (secondary N) is 2. The molecule has 0 aliphatic heterocycles. The second-order valence-corrected chi connectivity index (χ2v) is 3.57. The minimum Gasteiger partial charge on any atom is -0.481 e. The smallest absolute Gasteiger partial charge is 0.257 e. The summed E-state index contributed by atoms with van der Waals surface area (Å²) in [4.78, 5) is 11.3. The van der Waals surface area contributed by atoms with Gasteiger partial charge in [-0.3, -0.25) is 4.79 Å². The van der Waals surface area contributed by atoms with Crippen LogP contribution in [0.4, 0.5) is 8.78 Å². The summed E-state index contributed by atoms with van der Waals surface area (Å²) >= 11 is 0. The maximum atomic E-state index is 13.1. The number of rotatable bonds is 7. The van der Waals surface area contributed by atoms with Crippen molar-refractivity contribution in [3.63, 3.8) is 0 Å². The summed E-state index contributed by atoms with van der Waals surface area (Å²) in [6.45, 7) is 3.62. The second-order valence-electron chi connectivity index (χ2n) is 3.57. The first-order valence-corrected chi connectivity index (χ1v) is 5.68. The molecule has 4 nitrogen and oxygen atoms in total. The maximum absolute atomic E-state index is 13.1. The van der Waals surface area contributed by atoms with E-state index in [2.05, 4.69) is 10.6 Å². The van der Waals surface area contributed by atoms with Crippen LogP contribution in [0.15, 0.2) is 18.2 Å². The number of carbonyl (C=O) groups is 1. The Morgan fingerprint density at radius 2 is 2.11 bits per heavy atom. The van der Waals surface area contributed by atoms with Crippen LogP contribution in [-0.4, -0.2) is 32.1 Å². The van der Waals surface area contributed by atoms with Crippen LogP contribution < -0.4 is 15.4 Å². The molecule has 0 saturated heterocycles. The van der Waals surface area contributed by atoms with Gasteiger partial charge < -0.3 is 15.4 Å². The average Bonchev–Trinajstić information content (AvgIpc) is 2.33. The zero-order valence-corrected chi connectivity index (χ0v) is 10.1. The van der Waals surface area contributed by atoms with Gasteiger partial charge in [0.1, 0.15) is 5.82 Å². The third kappa shape index (κ3) is 5.09. The molecule has 1 amide bonds. The van der Waals surface area contributed by atoms with Crippen LogP contribution in [0.25, 0.3) is 0 Å². The molecule has 6 heteroatoms. The van der Waals surface area contributed by atoms with Gasteiger partial charge in [0.05, 0.1) is 0 Å². The summed E-state index contributed by atoms with van der Waals surface area (Å²) in [6, 6.07) is 2.93. The summed E-state index contributed by atoms with van der Waals surface area (Å²) in [5, 5.41) is 5.63. The fourth-order valence-electron chi connectivity index (χ4n) is 1.25. The van der Waals surface area contributed by atoms with Crippen molar-refractivity contribution in [2.75, 3.05) is 26.2 Å². The molecule has 0 radical (unpaired) electrons. The molecular weight excluding hydrogens is 242 g/mol. The lowest BCUT2D eigenvalue weighted by Crippen LogP contribution is -2.34. The minimum atomic E-state index is -0.824. The fraction of sp³-hybridized carbons (Fsp3) is 0.417. The van der Waals surface area contributed by atoms with E-state index in [-0.39, 0.29) is 18.3 Å². The normalized spacial score (nSPS) is 10.2. The number of benzene rings is 1. The van der Waals surface area contributed by atoms with E-state index in [1.54, 1.807) is 0 Å². The van der Waals surface area contributed by atoms with Gasteiger partial charge in [-0.15, -0.1) is 0 Å². The SMILES string of the molecule is CCNCCNC(=O)COc1ccc(F)cc1F. The Bertz CT molecular complexity index is 400. The number of carbonyl (C=O) groups excluding carboxylic acids is 1. The van der Waals surface area contributed by atoms with E-state index in [1.807, 2.05) is 6.92 Å². The lowest BCUT2D eigenvalue weighted by atomic mass is 10.3. The van der Waals surface area contributed by atoms with Crippen molar-refractivity contribution in [1.29, 1.82) is 0 Å². The Hall–Kier alpha value is -1.69. The van der Waals surface area contributed by atoms with Crippen LogP contribution in [0, 0.1) is 11.6 Å². The van der Waals surface area contributed by atoms with Crippen LogP contribution in [0.5, 0.6) is 5.75 Å². The summed E-state index contributed by atoms with van der Waals surface area (Å²) in [5.41, 5.74) is 0. The Kier molecular flexibility index (Phi) is 6.07. The quantitative estimate of drug-likeness (QED) is 0.719. The molecule has 0 atom stereocenters. The zero-order valence-electron chi connectivity index (χ0n) is 10.1. The van der Waals surface area contributed by atoms with Crippen molar-refractivity contribution in [2.45, 2.75) is 6.92 Å². The van der Waals surface area contributed by atoms with Gasteiger partial charge in [-0.1, -0.05) is 6.92 Å². The van der Waals surface area contributed by atoms with Crippen molar-refractivity contribution in [2.24, 2.45) is 0 Å². The molecule has 1 aromatic rings. The Balaban J connectivity index is 2.29. The van der Waals surface area contributed by atoms with Gasteiger partial charge in [-0.2, -0.15) is 0 Å². The van der Waals surface area contributed by atoms with Crippen LogP contribution >= 0.6 is 0 Å². The minimum absolute atomic E-state index is 0.141. The summed E-state index contributed by atoms with van der Waals surface area (Å²) in [5.74, 6) is -2.00. The van der Waals surface area contributed by atoms with Gasteiger partial charge in [-0.25, -0.2) is 8.78 Å². The number of ether oxygens (including phenoxy) is 1. The van der Waals surface area contributed by atoms with Crippen LogP contribution in [0.1, 0.15) is 6.92 Å². The topological polar surface area (TPSA) is 50.4 Å². The number of hydrogen-bond acceptors (Lipinski definition) is 3. The van der Waals surface area contributed by atoms with Crippen molar-refractivity contribution >= 4 is 5.91 Å². The Morgan fingerprint density at radius 3 is 2.78 bits per heavy atom. The monoisotopic (exact) mass is 258 g/mol. The van der Waals surface area contributed by atoms with Crippen LogP contribution in [-0.2, 0) is 4.79 Å². The van der Waals surface area contributed by atoms with Gasteiger partial charge in [0.25, 0.3) is 5.91 Å². The second kappa shape index (κ2) is 7.60. The Labute approximate surface area is 104 Å². The third-order valence-corrected chi connectivity index (χ3v) is 2.13. The van der Waals surface area contributed by atoms with E-state index in [0.29, 0.717) is 19.2 Å². The third-order valence-electron chi connectivity index (χ3n) is 2.13. The zero-order chi connectivity index (χ0) is 13.4. The molecule has 0 bridgehead atoms. The molecule has 18 heavy (non-hydrogen) atoms. The molecule has 0 heterocycles. The van der Waals surface area contributed by atoms with Gasteiger partial charge in [0.15, 0.2) is 18.2 Å². The molecule has 2 N–H and O–H groups in total. The lowest BCUT2D eigenvalue weighted by molar-refractivity contribution is -0.123. The molecule has 0 saturated carbocycles. The molecule has 0 spiro atoms. The van der Waals surface area contributed by atoms with E-state index < -0.39 is 11.6 Å². The molecule has 0 fully saturated rings. The van der Waals surface area contributed by atoms with E-state index in [9.17, 15) is 13.6 Å².